The van der Waals surface area contributed by atoms with Gasteiger partial charge >= 0.3 is 6.03 Å². The summed E-state index contributed by atoms with van der Waals surface area (Å²) in [5, 5.41) is 8.86. The van der Waals surface area contributed by atoms with Crippen LogP contribution in [0, 0.1) is 5.92 Å². The van der Waals surface area contributed by atoms with Gasteiger partial charge in [-0.2, -0.15) is 0 Å². The lowest BCUT2D eigenvalue weighted by atomic mass is 10.1. The van der Waals surface area contributed by atoms with Gasteiger partial charge in [-0.05, 0) is 51.0 Å². The summed E-state index contributed by atoms with van der Waals surface area (Å²) < 4.78 is 0. The van der Waals surface area contributed by atoms with E-state index < -0.39 is 0 Å². The third-order valence-electron chi connectivity index (χ3n) is 4.43. The normalized spacial score (nSPS) is 12.1. The van der Waals surface area contributed by atoms with Crippen molar-refractivity contribution in [1.29, 1.82) is 0 Å². The van der Waals surface area contributed by atoms with Crippen LogP contribution >= 0.6 is 22.9 Å². The highest BCUT2D eigenvalue weighted by molar-refractivity contribution is 7.09. The van der Waals surface area contributed by atoms with Crippen molar-refractivity contribution in [3.05, 3.63) is 45.4 Å². The van der Waals surface area contributed by atoms with Gasteiger partial charge in [-0.3, -0.25) is 4.79 Å². The van der Waals surface area contributed by atoms with Crippen molar-refractivity contribution in [3.8, 4) is 0 Å². The van der Waals surface area contributed by atoms with E-state index in [-0.39, 0.29) is 24.0 Å². The second kappa shape index (κ2) is 9.89. The first-order chi connectivity index (χ1) is 13.2. The predicted octanol–water partition coefficient (Wildman–Crippen LogP) is 5.01. The number of nitrogens with zero attached hydrogens (tertiary/aromatic N) is 2. The van der Waals surface area contributed by atoms with Crippen LogP contribution in [0.15, 0.2) is 29.6 Å². The number of thiazole rings is 1. The number of carbonyl (C=O) groups is 2. The van der Waals surface area contributed by atoms with Gasteiger partial charge in [0.15, 0.2) is 0 Å². The number of nitrogens with one attached hydrogen (secondary N) is 2. The minimum Gasteiger partial charge on any atom is -0.348 e. The summed E-state index contributed by atoms with van der Waals surface area (Å²) in [7, 11) is 0. The number of halogens is 1. The number of amides is 3. The maximum Gasteiger partial charge on any atom is 0.322 e. The van der Waals surface area contributed by atoms with E-state index in [2.05, 4.69) is 29.5 Å². The largest absolute Gasteiger partial charge is 0.348 e. The first-order valence-corrected chi connectivity index (χ1v) is 10.5. The van der Waals surface area contributed by atoms with E-state index in [1.54, 1.807) is 34.5 Å². The zero-order valence-electron chi connectivity index (χ0n) is 16.8. The highest BCUT2D eigenvalue weighted by atomic mass is 35.5. The van der Waals surface area contributed by atoms with E-state index in [0.717, 1.165) is 0 Å². The smallest absolute Gasteiger partial charge is 0.322 e. The maximum atomic E-state index is 12.7. The summed E-state index contributed by atoms with van der Waals surface area (Å²) >= 11 is 7.26. The molecular weight excluding hydrogens is 396 g/mol. The van der Waals surface area contributed by atoms with Gasteiger partial charge < -0.3 is 15.5 Å². The molecule has 2 rings (SSSR count). The van der Waals surface area contributed by atoms with Crippen molar-refractivity contribution < 1.29 is 9.59 Å². The Morgan fingerprint density at radius 1 is 1.14 bits per heavy atom. The van der Waals surface area contributed by atoms with Gasteiger partial charge in [-0.15, -0.1) is 11.3 Å². The van der Waals surface area contributed by atoms with E-state index in [1.807, 2.05) is 20.8 Å². The Morgan fingerprint density at radius 2 is 1.79 bits per heavy atom. The van der Waals surface area contributed by atoms with Crippen LogP contribution in [0.3, 0.4) is 0 Å². The van der Waals surface area contributed by atoms with Crippen molar-refractivity contribution in [2.24, 2.45) is 5.92 Å². The van der Waals surface area contributed by atoms with Crippen molar-refractivity contribution in [2.75, 3.05) is 5.32 Å². The number of benzene rings is 1. The number of carbonyl (C=O) groups excluding carboxylic acids is 2. The molecule has 0 aliphatic carbocycles. The summed E-state index contributed by atoms with van der Waals surface area (Å²) in [6.07, 6.45) is 0. The Kier molecular flexibility index (Phi) is 7.83. The molecule has 28 heavy (non-hydrogen) atoms. The Bertz CT molecular complexity index is 805. The topological polar surface area (TPSA) is 74.3 Å². The molecule has 0 saturated heterocycles. The van der Waals surface area contributed by atoms with Gasteiger partial charge in [0.05, 0.1) is 6.54 Å². The number of urea groups is 1. The van der Waals surface area contributed by atoms with Gasteiger partial charge in [0.1, 0.15) is 10.7 Å². The molecule has 0 fully saturated rings. The molecular formula is C20H27ClN4O2S. The van der Waals surface area contributed by atoms with Crippen molar-refractivity contribution in [1.82, 2.24) is 15.2 Å². The Hall–Kier alpha value is -2.12. The van der Waals surface area contributed by atoms with Gasteiger partial charge in [-0.1, -0.05) is 25.4 Å². The minimum atomic E-state index is -0.230. The fourth-order valence-corrected chi connectivity index (χ4v) is 3.20. The SMILES string of the molecule is CC(C)[C@H](C)NC(=O)c1csc(CN(C(=O)Nc2ccc(Cl)cc2)C(C)C)n1. The molecule has 0 aliphatic heterocycles. The number of hydrogen-bond acceptors (Lipinski definition) is 4. The lowest BCUT2D eigenvalue weighted by Crippen LogP contribution is -2.39. The molecule has 1 aromatic heterocycles. The molecule has 3 amide bonds. The van der Waals surface area contributed by atoms with E-state index in [9.17, 15) is 9.59 Å². The van der Waals surface area contributed by atoms with Gasteiger partial charge in [0.25, 0.3) is 5.91 Å². The number of rotatable bonds is 7. The first-order valence-electron chi connectivity index (χ1n) is 9.25. The van der Waals surface area contributed by atoms with Crippen LogP contribution in [0.25, 0.3) is 0 Å². The van der Waals surface area contributed by atoms with Crippen LogP contribution in [-0.2, 0) is 6.54 Å². The van der Waals surface area contributed by atoms with Crippen LogP contribution in [-0.4, -0.2) is 33.9 Å². The molecule has 0 aliphatic rings. The van der Waals surface area contributed by atoms with Gasteiger partial charge in [0, 0.05) is 28.2 Å². The molecule has 2 aromatic rings. The minimum absolute atomic E-state index is 0.0329. The van der Waals surface area contributed by atoms with E-state index >= 15 is 0 Å². The number of hydrogen-bond donors (Lipinski definition) is 2. The third kappa shape index (κ3) is 6.21. The Morgan fingerprint density at radius 3 is 2.36 bits per heavy atom. The lowest BCUT2D eigenvalue weighted by molar-refractivity contribution is 0.0926. The van der Waals surface area contributed by atoms with Crippen molar-refractivity contribution in [2.45, 2.75) is 53.2 Å². The third-order valence-corrected chi connectivity index (χ3v) is 5.51. The summed E-state index contributed by atoms with van der Waals surface area (Å²) in [6, 6.07) is 6.75. The summed E-state index contributed by atoms with van der Waals surface area (Å²) in [6.45, 7) is 10.3. The van der Waals surface area contributed by atoms with Crippen LogP contribution in [0.2, 0.25) is 5.02 Å². The fourth-order valence-electron chi connectivity index (χ4n) is 2.30. The summed E-state index contributed by atoms with van der Waals surface area (Å²) in [5.74, 6) is 0.153. The average molecular weight is 423 g/mol. The van der Waals surface area contributed by atoms with E-state index in [0.29, 0.717) is 33.9 Å². The van der Waals surface area contributed by atoms with Crippen molar-refractivity contribution in [3.63, 3.8) is 0 Å². The summed E-state index contributed by atoms with van der Waals surface area (Å²) in [5.41, 5.74) is 1.05. The van der Waals surface area contributed by atoms with Crippen LogP contribution in [0.1, 0.15) is 50.1 Å². The Labute approximate surface area is 175 Å². The molecule has 0 spiro atoms. The van der Waals surface area contributed by atoms with Gasteiger partial charge in [0.2, 0.25) is 0 Å². The zero-order chi connectivity index (χ0) is 20.8. The van der Waals surface area contributed by atoms with E-state index in [4.69, 9.17) is 11.6 Å². The number of anilines is 1. The molecule has 6 nitrogen and oxygen atoms in total. The Balaban J connectivity index is 2.04. The molecule has 2 N–H and O–H groups in total. The molecule has 1 heterocycles. The molecule has 8 heteroatoms. The predicted molar refractivity (Wildman–Crippen MR) is 115 cm³/mol. The maximum absolute atomic E-state index is 12.7. The zero-order valence-corrected chi connectivity index (χ0v) is 18.4. The molecule has 1 aromatic carbocycles. The molecule has 152 valence electrons. The monoisotopic (exact) mass is 422 g/mol. The summed E-state index contributed by atoms with van der Waals surface area (Å²) in [4.78, 5) is 31.1. The quantitative estimate of drug-likeness (QED) is 0.658. The van der Waals surface area contributed by atoms with Gasteiger partial charge in [-0.25, -0.2) is 9.78 Å². The molecule has 1 atom stereocenters. The van der Waals surface area contributed by atoms with Crippen molar-refractivity contribution >= 4 is 40.6 Å². The fraction of sp³-hybridized carbons (Fsp3) is 0.450. The van der Waals surface area contributed by atoms with Crippen LogP contribution < -0.4 is 10.6 Å². The number of aromatic nitrogens is 1. The lowest BCUT2D eigenvalue weighted by Gasteiger charge is -2.26. The first kappa shape index (κ1) is 22.2. The molecule has 0 unspecified atom stereocenters. The standard InChI is InChI=1S/C20H27ClN4O2S/c1-12(2)14(5)22-19(26)17-11-28-18(24-17)10-25(13(3)4)20(27)23-16-8-6-15(21)7-9-16/h6-9,11-14H,10H2,1-5H3,(H,22,26)(H,23,27)/t14-/m0/s1. The van der Waals surface area contributed by atoms with E-state index in [1.165, 1.54) is 11.3 Å². The molecule has 0 radical (unpaired) electrons. The second-order valence-corrected chi connectivity index (χ2v) is 8.67. The molecule has 0 bridgehead atoms. The van der Waals surface area contributed by atoms with Crippen LogP contribution in [0.4, 0.5) is 10.5 Å². The second-order valence-electron chi connectivity index (χ2n) is 7.29. The highest BCUT2D eigenvalue weighted by Crippen LogP contribution is 2.18. The highest BCUT2D eigenvalue weighted by Gasteiger charge is 2.21. The average Bonchev–Trinajstić information content (AvgIpc) is 3.10. The van der Waals surface area contributed by atoms with Crippen LogP contribution in [0.5, 0.6) is 0 Å². The molecule has 0 saturated carbocycles.